The molecule has 1 amide bonds. The van der Waals surface area contributed by atoms with Crippen molar-refractivity contribution in [3.05, 3.63) is 23.9 Å². The van der Waals surface area contributed by atoms with Crippen molar-refractivity contribution in [1.82, 2.24) is 10.3 Å². The molecule has 0 saturated heterocycles. The lowest BCUT2D eigenvalue weighted by atomic mass is 9.84. The highest BCUT2D eigenvalue weighted by Crippen LogP contribution is 2.26. The third-order valence-corrected chi connectivity index (χ3v) is 3.72. The van der Waals surface area contributed by atoms with Gasteiger partial charge in [0.1, 0.15) is 11.5 Å². The van der Waals surface area contributed by atoms with Crippen LogP contribution in [0.15, 0.2) is 18.2 Å². The van der Waals surface area contributed by atoms with E-state index in [4.69, 9.17) is 5.73 Å². The number of carbonyl (C=O) groups excluding carboxylic acids is 1. The van der Waals surface area contributed by atoms with E-state index in [0.717, 1.165) is 0 Å². The van der Waals surface area contributed by atoms with Gasteiger partial charge < -0.3 is 11.1 Å². The fourth-order valence-electron chi connectivity index (χ4n) is 2.61. The van der Waals surface area contributed by atoms with Crippen LogP contribution in [0.3, 0.4) is 0 Å². The molecule has 1 saturated carbocycles. The van der Waals surface area contributed by atoms with Gasteiger partial charge in [0.05, 0.1) is 0 Å². The lowest BCUT2D eigenvalue weighted by Crippen LogP contribution is -2.39. The topological polar surface area (TPSA) is 68.0 Å². The average molecular weight is 247 g/mol. The van der Waals surface area contributed by atoms with E-state index in [0.29, 0.717) is 17.4 Å². The summed E-state index contributed by atoms with van der Waals surface area (Å²) >= 11 is 0. The standard InChI is InChI=1S/C14H21N3O/c1-10(11-6-3-2-4-7-11)16-14(18)12-8-5-9-13(15)17-12/h5,8-11H,2-4,6-7H2,1H3,(H2,15,17)(H,16,18). The number of hydrogen-bond donors (Lipinski definition) is 2. The predicted octanol–water partition coefficient (Wildman–Crippen LogP) is 2.36. The molecule has 1 aromatic heterocycles. The molecular formula is C14H21N3O. The third-order valence-electron chi connectivity index (χ3n) is 3.72. The molecule has 0 aromatic carbocycles. The summed E-state index contributed by atoms with van der Waals surface area (Å²) in [5.74, 6) is 0.858. The van der Waals surface area contributed by atoms with Crippen molar-refractivity contribution in [3.63, 3.8) is 0 Å². The van der Waals surface area contributed by atoms with Gasteiger partial charge in [-0.25, -0.2) is 4.98 Å². The van der Waals surface area contributed by atoms with Gasteiger partial charge in [0, 0.05) is 6.04 Å². The highest BCUT2D eigenvalue weighted by Gasteiger charge is 2.22. The van der Waals surface area contributed by atoms with Gasteiger partial charge in [-0.15, -0.1) is 0 Å². The fraction of sp³-hybridized carbons (Fsp3) is 0.571. The summed E-state index contributed by atoms with van der Waals surface area (Å²) in [6.45, 7) is 2.08. The van der Waals surface area contributed by atoms with Crippen LogP contribution in [-0.4, -0.2) is 16.9 Å². The van der Waals surface area contributed by atoms with Crippen LogP contribution in [-0.2, 0) is 0 Å². The number of aromatic nitrogens is 1. The predicted molar refractivity (Wildman–Crippen MR) is 72.2 cm³/mol. The van der Waals surface area contributed by atoms with Gasteiger partial charge in [-0.3, -0.25) is 4.79 Å². The average Bonchev–Trinajstić information content (AvgIpc) is 2.39. The van der Waals surface area contributed by atoms with Crippen molar-refractivity contribution in [1.29, 1.82) is 0 Å². The molecule has 4 heteroatoms. The highest BCUT2D eigenvalue weighted by atomic mass is 16.1. The Morgan fingerprint density at radius 3 is 2.78 bits per heavy atom. The van der Waals surface area contributed by atoms with Crippen molar-refractivity contribution in [2.45, 2.75) is 45.1 Å². The van der Waals surface area contributed by atoms with Gasteiger partial charge in [-0.05, 0) is 37.8 Å². The van der Waals surface area contributed by atoms with E-state index in [1.54, 1.807) is 18.2 Å². The first-order valence-corrected chi connectivity index (χ1v) is 6.70. The molecule has 0 radical (unpaired) electrons. The zero-order chi connectivity index (χ0) is 13.0. The Morgan fingerprint density at radius 2 is 2.11 bits per heavy atom. The number of amides is 1. The molecule has 1 aliphatic rings. The van der Waals surface area contributed by atoms with E-state index in [9.17, 15) is 4.79 Å². The van der Waals surface area contributed by atoms with Crippen molar-refractivity contribution in [3.8, 4) is 0 Å². The molecule has 1 aromatic rings. The molecule has 1 unspecified atom stereocenters. The Kier molecular flexibility index (Phi) is 4.18. The number of nitrogens with two attached hydrogens (primary N) is 1. The second-order valence-electron chi connectivity index (χ2n) is 5.11. The molecule has 4 nitrogen and oxygen atoms in total. The molecule has 0 aliphatic heterocycles. The highest BCUT2D eigenvalue weighted by molar-refractivity contribution is 5.92. The number of anilines is 1. The van der Waals surface area contributed by atoms with Gasteiger partial charge in [-0.1, -0.05) is 25.3 Å². The molecule has 1 heterocycles. The number of rotatable bonds is 3. The Balaban J connectivity index is 1.94. The van der Waals surface area contributed by atoms with Crippen LogP contribution in [0.1, 0.15) is 49.5 Å². The number of nitrogens with zero attached hydrogens (tertiary/aromatic N) is 1. The van der Waals surface area contributed by atoms with Gasteiger partial charge in [0.2, 0.25) is 0 Å². The molecule has 18 heavy (non-hydrogen) atoms. The van der Waals surface area contributed by atoms with Crippen molar-refractivity contribution in [2.75, 3.05) is 5.73 Å². The Labute approximate surface area is 108 Å². The second-order valence-corrected chi connectivity index (χ2v) is 5.11. The van der Waals surface area contributed by atoms with Gasteiger partial charge >= 0.3 is 0 Å². The third kappa shape index (κ3) is 3.22. The summed E-state index contributed by atoms with van der Waals surface area (Å²) in [5.41, 5.74) is 5.98. The first-order valence-electron chi connectivity index (χ1n) is 6.70. The molecule has 1 aliphatic carbocycles. The van der Waals surface area contributed by atoms with E-state index >= 15 is 0 Å². The smallest absolute Gasteiger partial charge is 0.270 e. The van der Waals surface area contributed by atoms with E-state index < -0.39 is 0 Å². The van der Waals surface area contributed by atoms with Gasteiger partial charge in [-0.2, -0.15) is 0 Å². The summed E-state index contributed by atoms with van der Waals surface area (Å²) in [6, 6.07) is 5.34. The summed E-state index contributed by atoms with van der Waals surface area (Å²) in [7, 11) is 0. The van der Waals surface area contributed by atoms with Crippen LogP contribution in [0.25, 0.3) is 0 Å². The Hall–Kier alpha value is -1.58. The largest absolute Gasteiger partial charge is 0.384 e. The van der Waals surface area contributed by atoms with E-state index in [-0.39, 0.29) is 11.9 Å². The molecule has 3 N–H and O–H groups in total. The lowest BCUT2D eigenvalue weighted by Gasteiger charge is -2.28. The van der Waals surface area contributed by atoms with Crippen LogP contribution < -0.4 is 11.1 Å². The number of pyridine rings is 1. The first-order chi connectivity index (χ1) is 8.66. The van der Waals surface area contributed by atoms with Crippen molar-refractivity contribution < 1.29 is 4.79 Å². The normalized spacial score (nSPS) is 18.3. The summed E-state index contributed by atoms with van der Waals surface area (Å²) in [4.78, 5) is 16.1. The van der Waals surface area contributed by atoms with Gasteiger partial charge in [0.15, 0.2) is 0 Å². The summed E-state index contributed by atoms with van der Waals surface area (Å²) in [5, 5.41) is 3.04. The maximum absolute atomic E-state index is 12.0. The van der Waals surface area contributed by atoms with Crippen LogP contribution in [0.4, 0.5) is 5.82 Å². The van der Waals surface area contributed by atoms with E-state index in [2.05, 4.69) is 17.2 Å². The monoisotopic (exact) mass is 247 g/mol. The quantitative estimate of drug-likeness (QED) is 0.861. The summed E-state index contributed by atoms with van der Waals surface area (Å²) in [6.07, 6.45) is 6.31. The molecular weight excluding hydrogens is 226 g/mol. The SMILES string of the molecule is CC(NC(=O)c1cccc(N)n1)C1CCCCC1. The molecule has 98 valence electrons. The van der Waals surface area contributed by atoms with Crippen LogP contribution in [0, 0.1) is 5.92 Å². The Morgan fingerprint density at radius 1 is 1.39 bits per heavy atom. The molecule has 1 fully saturated rings. The number of nitrogen functional groups attached to an aromatic ring is 1. The molecule has 2 rings (SSSR count). The zero-order valence-electron chi connectivity index (χ0n) is 10.9. The van der Waals surface area contributed by atoms with Crippen LogP contribution >= 0.6 is 0 Å². The number of nitrogens with one attached hydrogen (secondary N) is 1. The van der Waals surface area contributed by atoms with Gasteiger partial charge in [0.25, 0.3) is 5.91 Å². The number of hydrogen-bond acceptors (Lipinski definition) is 3. The Bertz CT molecular complexity index is 413. The van der Waals surface area contributed by atoms with Crippen molar-refractivity contribution >= 4 is 11.7 Å². The maximum atomic E-state index is 12.0. The van der Waals surface area contributed by atoms with E-state index in [1.807, 2.05) is 0 Å². The second kappa shape index (κ2) is 5.85. The fourth-order valence-corrected chi connectivity index (χ4v) is 2.61. The molecule has 0 bridgehead atoms. The minimum Gasteiger partial charge on any atom is -0.384 e. The maximum Gasteiger partial charge on any atom is 0.270 e. The number of carbonyl (C=O) groups is 1. The van der Waals surface area contributed by atoms with Crippen molar-refractivity contribution in [2.24, 2.45) is 5.92 Å². The first kappa shape index (κ1) is 12.9. The molecule has 1 atom stereocenters. The minimum absolute atomic E-state index is 0.125. The summed E-state index contributed by atoms with van der Waals surface area (Å²) < 4.78 is 0. The minimum atomic E-state index is -0.125. The lowest BCUT2D eigenvalue weighted by molar-refractivity contribution is 0.0914. The van der Waals surface area contributed by atoms with Crippen LogP contribution in [0.2, 0.25) is 0 Å². The molecule has 0 spiro atoms. The van der Waals surface area contributed by atoms with E-state index in [1.165, 1.54) is 32.1 Å². The van der Waals surface area contributed by atoms with Crippen LogP contribution in [0.5, 0.6) is 0 Å². The zero-order valence-corrected chi connectivity index (χ0v) is 10.9.